The molecule has 2 heterocycles. The summed E-state index contributed by atoms with van der Waals surface area (Å²) in [6.07, 6.45) is 5.58. The van der Waals surface area contributed by atoms with Crippen molar-refractivity contribution >= 4 is 11.9 Å². The van der Waals surface area contributed by atoms with E-state index in [4.69, 9.17) is 9.47 Å². The molecular weight excluding hydrogens is 320 g/mol. The standard InChI is InChI=1S/C20H26O5/c1-17-7-8-20(23)11(15(17)25-13(21)10-17)9-12-14-18(2,16(22)24-12)5-4-6-19(14,20)3/h9,12,14-15,23H,4-8,10H2,1-3H3. The van der Waals surface area contributed by atoms with Crippen molar-refractivity contribution in [1.29, 1.82) is 0 Å². The summed E-state index contributed by atoms with van der Waals surface area (Å²) in [5.41, 5.74) is -1.47. The van der Waals surface area contributed by atoms with Crippen LogP contribution in [0.15, 0.2) is 11.6 Å². The van der Waals surface area contributed by atoms with Gasteiger partial charge in [0, 0.05) is 22.3 Å². The molecule has 2 aliphatic heterocycles. The van der Waals surface area contributed by atoms with E-state index >= 15 is 0 Å². The van der Waals surface area contributed by atoms with E-state index < -0.39 is 22.5 Å². The van der Waals surface area contributed by atoms with E-state index in [1.165, 1.54) is 0 Å². The number of fused-ring (bicyclic) bond motifs is 4. The Labute approximate surface area is 147 Å². The molecule has 136 valence electrons. The van der Waals surface area contributed by atoms with Crippen LogP contribution >= 0.6 is 0 Å². The van der Waals surface area contributed by atoms with Crippen molar-refractivity contribution < 1.29 is 24.2 Å². The predicted molar refractivity (Wildman–Crippen MR) is 88.3 cm³/mol. The van der Waals surface area contributed by atoms with E-state index in [0.717, 1.165) is 31.3 Å². The average molecular weight is 346 g/mol. The Morgan fingerprint density at radius 2 is 1.84 bits per heavy atom. The molecule has 0 aromatic carbocycles. The highest BCUT2D eigenvalue weighted by Gasteiger charge is 2.73. The Hall–Kier alpha value is -1.36. The Morgan fingerprint density at radius 3 is 2.60 bits per heavy atom. The lowest BCUT2D eigenvalue weighted by atomic mass is 9.43. The summed E-state index contributed by atoms with van der Waals surface area (Å²) < 4.78 is 11.5. The molecule has 0 aromatic heterocycles. The minimum atomic E-state index is -1.03. The highest BCUT2D eigenvalue weighted by Crippen LogP contribution is 2.69. The second-order valence-electron chi connectivity index (χ2n) is 9.72. The maximum atomic E-state index is 12.6. The number of ether oxygens (including phenoxy) is 2. The Kier molecular flexibility index (Phi) is 2.73. The van der Waals surface area contributed by atoms with Gasteiger partial charge in [-0.1, -0.05) is 20.3 Å². The normalized spacial score (nSPS) is 56.3. The Balaban J connectivity index is 1.70. The minimum Gasteiger partial charge on any atom is -0.457 e. The molecule has 5 nitrogen and oxygen atoms in total. The average Bonchev–Trinajstić information content (AvgIpc) is 2.97. The van der Waals surface area contributed by atoms with Gasteiger partial charge in [-0.2, -0.15) is 0 Å². The molecule has 2 saturated heterocycles. The molecule has 0 bridgehead atoms. The highest BCUT2D eigenvalue weighted by molar-refractivity contribution is 5.81. The first-order chi connectivity index (χ1) is 11.6. The lowest BCUT2D eigenvalue weighted by molar-refractivity contribution is -0.174. The largest absolute Gasteiger partial charge is 0.457 e. The number of aliphatic hydroxyl groups is 1. The molecule has 7 atom stereocenters. The Morgan fingerprint density at radius 1 is 1.08 bits per heavy atom. The van der Waals surface area contributed by atoms with Crippen LogP contribution in [0.25, 0.3) is 0 Å². The van der Waals surface area contributed by atoms with E-state index in [-0.39, 0.29) is 29.4 Å². The zero-order valence-corrected chi connectivity index (χ0v) is 15.1. The van der Waals surface area contributed by atoms with Gasteiger partial charge in [0.1, 0.15) is 12.2 Å². The summed E-state index contributed by atoms with van der Waals surface area (Å²) in [6, 6.07) is 0. The van der Waals surface area contributed by atoms with Crippen molar-refractivity contribution in [1.82, 2.24) is 0 Å². The van der Waals surface area contributed by atoms with Gasteiger partial charge in [-0.05, 0) is 38.7 Å². The van der Waals surface area contributed by atoms with Crippen LogP contribution in [0, 0.1) is 22.2 Å². The third kappa shape index (κ3) is 1.60. The second-order valence-corrected chi connectivity index (χ2v) is 9.72. The lowest BCUT2D eigenvalue weighted by Crippen LogP contribution is -2.65. The summed E-state index contributed by atoms with van der Waals surface area (Å²) in [6.45, 7) is 6.20. The van der Waals surface area contributed by atoms with Crippen LogP contribution in [0.3, 0.4) is 0 Å². The van der Waals surface area contributed by atoms with Gasteiger partial charge in [0.2, 0.25) is 0 Å². The quantitative estimate of drug-likeness (QED) is 0.539. The molecule has 0 spiro atoms. The third-order valence-electron chi connectivity index (χ3n) is 8.34. The highest BCUT2D eigenvalue weighted by atomic mass is 16.6. The Bertz CT molecular complexity index is 728. The van der Waals surface area contributed by atoms with Gasteiger partial charge in [0.05, 0.1) is 17.4 Å². The molecule has 1 N–H and O–H groups in total. The zero-order valence-electron chi connectivity index (χ0n) is 15.1. The predicted octanol–water partition coefficient (Wildman–Crippen LogP) is 2.51. The van der Waals surface area contributed by atoms with Gasteiger partial charge in [-0.3, -0.25) is 9.59 Å². The monoisotopic (exact) mass is 346 g/mol. The maximum Gasteiger partial charge on any atom is 0.312 e. The molecule has 3 aliphatic carbocycles. The fraction of sp³-hybridized carbons (Fsp3) is 0.800. The van der Waals surface area contributed by atoms with Crippen molar-refractivity contribution in [2.75, 3.05) is 0 Å². The summed E-state index contributed by atoms with van der Waals surface area (Å²) >= 11 is 0. The molecular formula is C20H26O5. The topological polar surface area (TPSA) is 72.8 Å². The summed E-state index contributed by atoms with van der Waals surface area (Å²) in [5, 5.41) is 11.9. The zero-order chi connectivity index (χ0) is 17.8. The van der Waals surface area contributed by atoms with Crippen LogP contribution in [0.1, 0.15) is 59.3 Å². The molecule has 0 aromatic rings. The molecule has 0 radical (unpaired) electrons. The molecule has 5 aliphatic rings. The van der Waals surface area contributed by atoms with Crippen LogP contribution in [0.2, 0.25) is 0 Å². The van der Waals surface area contributed by atoms with Crippen molar-refractivity contribution in [2.45, 2.75) is 77.1 Å². The van der Waals surface area contributed by atoms with Crippen molar-refractivity contribution in [3.05, 3.63) is 11.6 Å². The van der Waals surface area contributed by atoms with Gasteiger partial charge in [-0.15, -0.1) is 0 Å². The summed E-state index contributed by atoms with van der Waals surface area (Å²) in [4.78, 5) is 24.7. The first-order valence-electron chi connectivity index (χ1n) is 9.49. The van der Waals surface area contributed by atoms with Crippen molar-refractivity contribution in [3.8, 4) is 0 Å². The van der Waals surface area contributed by atoms with E-state index in [1.54, 1.807) is 0 Å². The molecule has 4 fully saturated rings. The van der Waals surface area contributed by atoms with Crippen LogP contribution < -0.4 is 0 Å². The fourth-order valence-corrected chi connectivity index (χ4v) is 6.95. The van der Waals surface area contributed by atoms with Gasteiger partial charge in [0.25, 0.3) is 0 Å². The fourth-order valence-electron chi connectivity index (χ4n) is 6.95. The van der Waals surface area contributed by atoms with Crippen LogP contribution in [-0.2, 0) is 19.1 Å². The van der Waals surface area contributed by atoms with Gasteiger partial charge in [-0.25, -0.2) is 0 Å². The number of hydrogen-bond donors (Lipinski definition) is 1. The lowest BCUT2D eigenvalue weighted by Gasteiger charge is -2.61. The number of carbonyl (C=O) groups is 2. The molecule has 25 heavy (non-hydrogen) atoms. The number of esters is 2. The van der Waals surface area contributed by atoms with Crippen LogP contribution in [-0.4, -0.2) is 34.9 Å². The smallest absolute Gasteiger partial charge is 0.312 e. The first-order valence-corrected chi connectivity index (χ1v) is 9.49. The molecule has 5 rings (SSSR count). The second kappa shape index (κ2) is 4.30. The van der Waals surface area contributed by atoms with E-state index in [1.807, 2.05) is 13.0 Å². The van der Waals surface area contributed by atoms with Crippen molar-refractivity contribution in [2.24, 2.45) is 22.2 Å². The van der Waals surface area contributed by atoms with E-state index in [2.05, 4.69) is 13.8 Å². The van der Waals surface area contributed by atoms with Crippen LogP contribution in [0.5, 0.6) is 0 Å². The molecule has 7 unspecified atom stereocenters. The molecule has 2 saturated carbocycles. The maximum absolute atomic E-state index is 12.6. The summed E-state index contributed by atoms with van der Waals surface area (Å²) in [5.74, 6) is -0.350. The van der Waals surface area contributed by atoms with Crippen LogP contribution in [0.4, 0.5) is 0 Å². The third-order valence-corrected chi connectivity index (χ3v) is 8.34. The number of hydrogen-bond acceptors (Lipinski definition) is 5. The molecule has 0 amide bonds. The van der Waals surface area contributed by atoms with E-state index in [0.29, 0.717) is 12.8 Å². The summed E-state index contributed by atoms with van der Waals surface area (Å²) in [7, 11) is 0. The SMILES string of the molecule is CC12CCC3(O)C(=CC4OC(=O)C5(C)CCCC3(C)C45)C1OC(=O)C2. The van der Waals surface area contributed by atoms with Gasteiger partial charge < -0.3 is 14.6 Å². The first kappa shape index (κ1) is 15.9. The number of rotatable bonds is 0. The van der Waals surface area contributed by atoms with Gasteiger partial charge >= 0.3 is 11.9 Å². The van der Waals surface area contributed by atoms with E-state index in [9.17, 15) is 14.7 Å². The minimum absolute atomic E-state index is 0.0172. The van der Waals surface area contributed by atoms with Crippen molar-refractivity contribution in [3.63, 3.8) is 0 Å². The number of carbonyl (C=O) groups excluding carboxylic acids is 2. The molecule has 5 heteroatoms. The van der Waals surface area contributed by atoms with Gasteiger partial charge in [0.15, 0.2) is 0 Å².